The molecule has 0 saturated carbocycles. The molecule has 0 aliphatic rings. The van der Waals surface area contributed by atoms with Crippen LogP contribution in [0, 0.1) is 0 Å². The number of carbonyl (C=O) groups excluding carboxylic acids is 2. The van der Waals surface area contributed by atoms with Crippen LogP contribution >= 0.6 is 0 Å². The number of rotatable bonds is 12. The molecule has 0 amide bonds. The summed E-state index contributed by atoms with van der Waals surface area (Å²) in [5.74, 6) is -0.255. The van der Waals surface area contributed by atoms with E-state index in [9.17, 15) is 9.59 Å². The molecule has 0 aromatic carbocycles. The molecule has 112 valence electrons. The Morgan fingerprint density at radius 1 is 0.684 bits per heavy atom. The smallest absolute Gasteiger partial charge is 0.305 e. The molecule has 0 heterocycles. The van der Waals surface area contributed by atoms with Crippen molar-refractivity contribution in [3.63, 3.8) is 0 Å². The van der Waals surface area contributed by atoms with Crippen molar-refractivity contribution in [2.24, 2.45) is 0 Å². The summed E-state index contributed by atoms with van der Waals surface area (Å²) in [6.07, 6.45) is 7.67. The molecule has 0 bridgehead atoms. The average Bonchev–Trinajstić information content (AvgIpc) is 2.39. The molecule has 0 atom stereocenters. The third-order valence-corrected chi connectivity index (χ3v) is 2.75. The van der Waals surface area contributed by atoms with Gasteiger partial charge in [0.25, 0.3) is 0 Å². The molecule has 0 aromatic heterocycles. The molecule has 0 fully saturated rings. The maximum atomic E-state index is 11.3. The van der Waals surface area contributed by atoms with Gasteiger partial charge in [0.15, 0.2) is 0 Å². The highest BCUT2D eigenvalue weighted by Gasteiger charge is 2.03. The standard InChI is InChI=1S/C15H28O4/c1-3-5-6-7-11-15(17)19-13-9-8-12-18-14(16)10-4-2/h3-13H2,1-2H3. The Morgan fingerprint density at radius 2 is 1.26 bits per heavy atom. The minimum atomic E-state index is -0.143. The van der Waals surface area contributed by atoms with Gasteiger partial charge in [0.2, 0.25) is 0 Å². The van der Waals surface area contributed by atoms with Gasteiger partial charge in [0.05, 0.1) is 13.2 Å². The molecule has 0 saturated heterocycles. The van der Waals surface area contributed by atoms with Gasteiger partial charge in [0, 0.05) is 12.8 Å². The molecule has 0 aliphatic carbocycles. The monoisotopic (exact) mass is 272 g/mol. The van der Waals surface area contributed by atoms with Crippen molar-refractivity contribution in [3.05, 3.63) is 0 Å². The first-order valence-electron chi connectivity index (χ1n) is 7.52. The van der Waals surface area contributed by atoms with E-state index in [1.54, 1.807) is 0 Å². The van der Waals surface area contributed by atoms with Gasteiger partial charge in [-0.25, -0.2) is 0 Å². The van der Waals surface area contributed by atoms with Gasteiger partial charge in [-0.05, 0) is 25.7 Å². The van der Waals surface area contributed by atoms with Crippen LogP contribution in [0.15, 0.2) is 0 Å². The highest BCUT2D eigenvalue weighted by atomic mass is 16.5. The van der Waals surface area contributed by atoms with E-state index in [0.29, 0.717) is 26.1 Å². The lowest BCUT2D eigenvalue weighted by Crippen LogP contribution is -2.08. The van der Waals surface area contributed by atoms with Crippen molar-refractivity contribution < 1.29 is 19.1 Å². The summed E-state index contributed by atoms with van der Waals surface area (Å²) in [7, 11) is 0. The van der Waals surface area contributed by atoms with Crippen LogP contribution in [0.4, 0.5) is 0 Å². The van der Waals surface area contributed by atoms with E-state index in [4.69, 9.17) is 9.47 Å². The first-order valence-corrected chi connectivity index (χ1v) is 7.52. The number of esters is 2. The molecular formula is C15H28O4. The molecule has 0 N–H and O–H groups in total. The van der Waals surface area contributed by atoms with Crippen LogP contribution in [0.25, 0.3) is 0 Å². The second kappa shape index (κ2) is 13.4. The van der Waals surface area contributed by atoms with E-state index in [1.165, 1.54) is 12.8 Å². The minimum absolute atomic E-state index is 0.112. The molecular weight excluding hydrogens is 244 g/mol. The molecule has 0 spiro atoms. The van der Waals surface area contributed by atoms with Crippen molar-refractivity contribution in [2.45, 2.75) is 71.6 Å². The highest BCUT2D eigenvalue weighted by molar-refractivity contribution is 5.69. The predicted octanol–water partition coefficient (Wildman–Crippen LogP) is 3.62. The molecule has 19 heavy (non-hydrogen) atoms. The molecule has 0 aliphatic heterocycles. The molecule has 0 unspecified atom stereocenters. The Morgan fingerprint density at radius 3 is 1.79 bits per heavy atom. The van der Waals surface area contributed by atoms with Crippen molar-refractivity contribution >= 4 is 11.9 Å². The van der Waals surface area contributed by atoms with E-state index >= 15 is 0 Å². The van der Waals surface area contributed by atoms with E-state index in [0.717, 1.165) is 32.1 Å². The largest absolute Gasteiger partial charge is 0.466 e. The number of carbonyl (C=O) groups is 2. The molecule has 4 nitrogen and oxygen atoms in total. The normalized spacial score (nSPS) is 10.2. The van der Waals surface area contributed by atoms with Crippen LogP contribution in [0.1, 0.15) is 71.6 Å². The number of unbranched alkanes of at least 4 members (excludes halogenated alkanes) is 4. The third kappa shape index (κ3) is 13.2. The zero-order valence-electron chi connectivity index (χ0n) is 12.4. The van der Waals surface area contributed by atoms with Gasteiger partial charge in [0.1, 0.15) is 0 Å². The Balaban J connectivity index is 3.25. The van der Waals surface area contributed by atoms with E-state index in [1.807, 2.05) is 6.92 Å². The van der Waals surface area contributed by atoms with Crippen LogP contribution in [0.3, 0.4) is 0 Å². The van der Waals surface area contributed by atoms with E-state index in [-0.39, 0.29) is 11.9 Å². The van der Waals surface area contributed by atoms with Crippen molar-refractivity contribution in [1.29, 1.82) is 0 Å². The second-order valence-electron chi connectivity index (χ2n) is 4.71. The van der Waals surface area contributed by atoms with Gasteiger partial charge in [-0.2, -0.15) is 0 Å². The van der Waals surface area contributed by atoms with Crippen LogP contribution in [0.2, 0.25) is 0 Å². The average molecular weight is 272 g/mol. The maximum absolute atomic E-state index is 11.3. The zero-order chi connectivity index (χ0) is 14.3. The minimum Gasteiger partial charge on any atom is -0.466 e. The quantitative estimate of drug-likeness (QED) is 0.402. The fourth-order valence-electron chi connectivity index (χ4n) is 1.62. The van der Waals surface area contributed by atoms with E-state index in [2.05, 4.69) is 6.92 Å². The van der Waals surface area contributed by atoms with Crippen molar-refractivity contribution in [1.82, 2.24) is 0 Å². The van der Waals surface area contributed by atoms with Gasteiger partial charge in [-0.1, -0.05) is 33.1 Å². The summed E-state index contributed by atoms with van der Waals surface area (Å²) in [5.41, 5.74) is 0. The summed E-state index contributed by atoms with van der Waals surface area (Å²) < 4.78 is 10.1. The molecule has 0 radical (unpaired) electrons. The first-order chi connectivity index (χ1) is 9.20. The van der Waals surface area contributed by atoms with Crippen molar-refractivity contribution in [3.8, 4) is 0 Å². The van der Waals surface area contributed by atoms with Crippen molar-refractivity contribution in [2.75, 3.05) is 13.2 Å². The summed E-state index contributed by atoms with van der Waals surface area (Å²) >= 11 is 0. The number of hydrogen-bond acceptors (Lipinski definition) is 4. The van der Waals surface area contributed by atoms with E-state index < -0.39 is 0 Å². The molecule has 0 rings (SSSR count). The summed E-state index contributed by atoms with van der Waals surface area (Å²) in [5, 5.41) is 0. The number of ether oxygens (including phenoxy) is 2. The van der Waals surface area contributed by atoms with Gasteiger partial charge in [-0.3, -0.25) is 9.59 Å². The number of hydrogen-bond donors (Lipinski definition) is 0. The third-order valence-electron chi connectivity index (χ3n) is 2.75. The predicted molar refractivity (Wildman–Crippen MR) is 74.8 cm³/mol. The lowest BCUT2D eigenvalue weighted by Gasteiger charge is -2.05. The van der Waals surface area contributed by atoms with Gasteiger partial charge >= 0.3 is 11.9 Å². The first kappa shape index (κ1) is 17.9. The summed E-state index contributed by atoms with van der Waals surface area (Å²) in [6.45, 7) is 4.94. The molecule has 4 heteroatoms. The Labute approximate surface area is 116 Å². The summed E-state index contributed by atoms with van der Waals surface area (Å²) in [6, 6.07) is 0. The molecule has 0 aromatic rings. The lowest BCUT2D eigenvalue weighted by atomic mass is 10.2. The van der Waals surface area contributed by atoms with Gasteiger partial charge < -0.3 is 9.47 Å². The SMILES string of the molecule is CCCCCCC(=O)OCCCCOC(=O)CCC. The fraction of sp³-hybridized carbons (Fsp3) is 0.867. The van der Waals surface area contributed by atoms with Crippen LogP contribution < -0.4 is 0 Å². The summed E-state index contributed by atoms with van der Waals surface area (Å²) in [4.78, 5) is 22.4. The highest BCUT2D eigenvalue weighted by Crippen LogP contribution is 2.04. The maximum Gasteiger partial charge on any atom is 0.305 e. The van der Waals surface area contributed by atoms with Gasteiger partial charge in [-0.15, -0.1) is 0 Å². The Kier molecular flexibility index (Phi) is 12.6. The van der Waals surface area contributed by atoms with Crippen LogP contribution in [-0.4, -0.2) is 25.2 Å². The Hall–Kier alpha value is -1.06. The zero-order valence-corrected chi connectivity index (χ0v) is 12.4. The fourth-order valence-corrected chi connectivity index (χ4v) is 1.62. The Bertz CT molecular complexity index is 238. The second-order valence-corrected chi connectivity index (χ2v) is 4.71. The van der Waals surface area contributed by atoms with Crippen LogP contribution in [0.5, 0.6) is 0 Å². The topological polar surface area (TPSA) is 52.6 Å². The van der Waals surface area contributed by atoms with Crippen LogP contribution in [-0.2, 0) is 19.1 Å². The lowest BCUT2D eigenvalue weighted by molar-refractivity contribution is -0.146.